The molecule has 59 heavy (non-hydrogen) atoms. The molecule has 2 aliphatic carbocycles. The van der Waals surface area contributed by atoms with Gasteiger partial charge in [-0.1, -0.05) is 97.2 Å². The highest BCUT2D eigenvalue weighted by Gasteiger charge is 2.27. The van der Waals surface area contributed by atoms with Crippen molar-refractivity contribution in [3.05, 3.63) is 106 Å². The van der Waals surface area contributed by atoms with Gasteiger partial charge in [0, 0.05) is 40.5 Å². The van der Waals surface area contributed by atoms with E-state index in [0.717, 1.165) is 68.6 Å². The fraction of sp³-hybridized carbons (Fsp3) is 0.449. The first-order chi connectivity index (χ1) is 28.4. The number of alkyl halides is 1. The summed E-state index contributed by atoms with van der Waals surface area (Å²) in [7, 11) is 0. The van der Waals surface area contributed by atoms with E-state index in [0.29, 0.717) is 42.8 Å². The van der Waals surface area contributed by atoms with Crippen LogP contribution in [0, 0.1) is 25.7 Å². The summed E-state index contributed by atoms with van der Waals surface area (Å²) in [6.45, 7) is 26.7. The van der Waals surface area contributed by atoms with Crippen molar-refractivity contribution in [2.24, 2.45) is 16.8 Å². The van der Waals surface area contributed by atoms with Gasteiger partial charge in [0.25, 0.3) is 0 Å². The van der Waals surface area contributed by atoms with Crippen molar-refractivity contribution in [1.29, 1.82) is 0 Å². The number of fused-ring (bicyclic) bond motifs is 1. The van der Waals surface area contributed by atoms with Gasteiger partial charge < -0.3 is 20.5 Å². The van der Waals surface area contributed by atoms with E-state index in [4.69, 9.17) is 27.9 Å². The number of rotatable bonds is 18. The fourth-order valence-corrected chi connectivity index (χ4v) is 7.33. The number of aliphatic imine (C=N–C) groups is 1. The number of nitrogens with one attached hydrogen (secondary N) is 2. The molecule has 3 aromatic rings. The number of aromatic carboxylic acids is 1. The van der Waals surface area contributed by atoms with Gasteiger partial charge in [-0.15, -0.1) is 11.6 Å². The third-order valence-corrected chi connectivity index (χ3v) is 11.0. The summed E-state index contributed by atoms with van der Waals surface area (Å²) < 4.78 is 7.98. The second kappa shape index (κ2) is 25.8. The number of allylic oxidation sites excluding steroid dienone is 6. The smallest absolute Gasteiger partial charge is 0.352 e. The van der Waals surface area contributed by atoms with Gasteiger partial charge in [-0.25, -0.2) is 9.79 Å². The third-order valence-electron chi connectivity index (χ3n) is 9.83. The Morgan fingerprint density at radius 3 is 2.39 bits per heavy atom. The van der Waals surface area contributed by atoms with Gasteiger partial charge in [-0.3, -0.25) is 9.36 Å². The number of hydrogen-bond donors (Lipinski definition) is 3. The number of aryl methyl sites for hydroxylation is 1. The maximum atomic E-state index is 12.6. The van der Waals surface area contributed by atoms with E-state index >= 15 is 0 Å². The number of halogens is 2. The number of nitrogens with zero attached hydrogens (tertiary/aromatic N) is 2. The summed E-state index contributed by atoms with van der Waals surface area (Å²) >= 11 is 13.3. The molecule has 0 aliphatic heterocycles. The van der Waals surface area contributed by atoms with Crippen LogP contribution >= 0.6 is 23.2 Å². The Morgan fingerprint density at radius 1 is 1.10 bits per heavy atom. The van der Waals surface area contributed by atoms with Crippen LogP contribution in [0.5, 0.6) is 0 Å². The minimum Gasteiger partial charge on any atom is -0.494 e. The number of carboxylic acid groups (broad SMARTS) is 1. The maximum absolute atomic E-state index is 12.6. The Bertz CT molecular complexity index is 2020. The second-order valence-electron chi connectivity index (χ2n) is 14.1. The van der Waals surface area contributed by atoms with Crippen molar-refractivity contribution in [1.82, 2.24) is 9.88 Å². The average molecular weight is 848 g/mol. The number of hydrogen-bond acceptors (Lipinski definition) is 5. The third kappa shape index (κ3) is 14.0. The van der Waals surface area contributed by atoms with Crippen LogP contribution in [0.4, 0.5) is 5.69 Å². The number of ether oxygens (including phenoxy) is 1. The molecule has 5 rings (SSSR count). The van der Waals surface area contributed by atoms with Crippen LogP contribution in [0.2, 0.25) is 5.02 Å². The number of carbonyl (C=O) groups is 2. The van der Waals surface area contributed by atoms with Gasteiger partial charge in [0.2, 0.25) is 6.41 Å². The molecule has 3 atom stereocenters. The second-order valence-corrected chi connectivity index (χ2v) is 15.0. The molecule has 0 saturated heterocycles. The van der Waals surface area contributed by atoms with Crippen LogP contribution < -0.4 is 10.6 Å². The van der Waals surface area contributed by atoms with Gasteiger partial charge in [0.1, 0.15) is 17.3 Å². The topological polar surface area (TPSA) is 105 Å². The van der Waals surface area contributed by atoms with E-state index in [9.17, 15) is 14.7 Å². The molecule has 1 aromatic heterocycles. The molecule has 1 saturated carbocycles. The first kappa shape index (κ1) is 50.6. The summed E-state index contributed by atoms with van der Waals surface area (Å²) in [4.78, 5) is 28.6. The van der Waals surface area contributed by atoms with Gasteiger partial charge >= 0.3 is 5.97 Å². The van der Waals surface area contributed by atoms with Crippen LogP contribution in [0.25, 0.3) is 28.4 Å². The first-order valence-electron chi connectivity index (χ1n) is 21.3. The quantitative estimate of drug-likeness (QED) is 0.0389. The normalized spacial score (nSPS) is 16.9. The number of carboxylic acids is 1. The van der Waals surface area contributed by atoms with Crippen molar-refractivity contribution >= 4 is 75.9 Å². The highest BCUT2D eigenvalue weighted by Crippen LogP contribution is 2.40. The first-order valence-corrected chi connectivity index (χ1v) is 22.1. The zero-order valence-corrected chi connectivity index (χ0v) is 38.7. The summed E-state index contributed by atoms with van der Waals surface area (Å²) in [5.41, 5.74) is 7.59. The Balaban J connectivity index is 0.00000191. The molecule has 322 valence electrons. The predicted molar refractivity (Wildman–Crippen MR) is 255 cm³/mol. The number of benzene rings is 2. The van der Waals surface area contributed by atoms with Crippen LogP contribution in [-0.4, -0.2) is 52.8 Å². The molecule has 0 bridgehead atoms. The van der Waals surface area contributed by atoms with E-state index < -0.39 is 5.97 Å². The van der Waals surface area contributed by atoms with Gasteiger partial charge in [-0.2, -0.15) is 0 Å². The number of anilines is 1. The van der Waals surface area contributed by atoms with Crippen LogP contribution in [0.15, 0.2) is 77.5 Å². The van der Waals surface area contributed by atoms with Crippen LogP contribution in [0.3, 0.4) is 0 Å². The van der Waals surface area contributed by atoms with Gasteiger partial charge in [0.05, 0.1) is 17.5 Å². The molecule has 10 heteroatoms. The Labute approximate surface area is 364 Å². The summed E-state index contributed by atoms with van der Waals surface area (Å²) in [6.07, 6.45) is 16.5. The summed E-state index contributed by atoms with van der Waals surface area (Å²) in [6, 6.07) is 9.75. The molecule has 1 heterocycles. The lowest BCUT2D eigenvalue weighted by Crippen LogP contribution is -2.33. The molecule has 2 aliphatic rings. The molecular formula is C49H68Cl2N4O4. The number of aromatic nitrogens is 1. The Kier molecular flexibility index (Phi) is 22.2. The van der Waals surface area contributed by atoms with E-state index in [1.807, 2.05) is 93.5 Å². The molecule has 0 spiro atoms. The lowest BCUT2D eigenvalue weighted by Gasteiger charge is -2.25. The SMILES string of the molecule is C=C/C=N\C(=C/C)n1c(C(=O)O)cc2cc(C)cc(/C=C(\CCCOC3=CC(C)C(Cl)C(C)=C3)c3ccc(Cl)c(C)c3N[C@@H](CNC=O)CC3CC3)c21.CC.CC.CC. The van der Waals surface area contributed by atoms with Crippen molar-refractivity contribution in [3.63, 3.8) is 0 Å². The molecule has 2 unspecified atom stereocenters. The number of amides is 1. The predicted octanol–water partition coefficient (Wildman–Crippen LogP) is 13.5. The Hall–Kier alpha value is -4.53. The molecule has 0 radical (unpaired) electrons. The van der Waals surface area contributed by atoms with Crippen LogP contribution in [-0.2, 0) is 9.53 Å². The van der Waals surface area contributed by atoms with Crippen molar-refractivity contribution < 1.29 is 19.4 Å². The highest BCUT2D eigenvalue weighted by atomic mass is 35.5. The van der Waals surface area contributed by atoms with Gasteiger partial charge in [-0.05, 0) is 130 Å². The van der Waals surface area contributed by atoms with Crippen molar-refractivity contribution in [3.8, 4) is 0 Å². The lowest BCUT2D eigenvalue weighted by atomic mass is 9.93. The molecule has 3 N–H and O–H groups in total. The minimum absolute atomic E-state index is 0.00946. The maximum Gasteiger partial charge on any atom is 0.352 e. The number of carbonyl (C=O) groups excluding carboxylic acids is 1. The standard InChI is InChI=1S/C43H50Cl2N4O4.3C2H6/c1-7-15-47-39(8-2)49-38(43(51)52)23-33-18-26(3)17-32(42(33)49)22-31(10-9-16-53-35-19-27(4)40(45)28(5)20-35)36-13-14-37(44)29(6)41(36)48-34(24-46-25-50)21-30-11-12-30;3*1-2/h7-8,13-15,17-20,22-23,25,27,30,34,40,48H,1,9-12,16,21,24H2,2-6H3,(H,46,50)(H,51,52);3*1-2H3/b31-22+,39-8+,47-15-;;;/t27?,34-,40?;;;/m1.../s1. The van der Waals surface area contributed by atoms with Crippen molar-refractivity contribution in [2.75, 3.05) is 18.5 Å². The largest absolute Gasteiger partial charge is 0.494 e. The average Bonchev–Trinajstić information content (AvgIpc) is 3.98. The summed E-state index contributed by atoms with van der Waals surface area (Å²) in [5.74, 6) is 1.04. The zero-order chi connectivity index (χ0) is 44.2. The van der Waals surface area contributed by atoms with E-state index in [1.54, 1.807) is 29.0 Å². The van der Waals surface area contributed by atoms with E-state index in [1.165, 1.54) is 12.8 Å². The van der Waals surface area contributed by atoms with Gasteiger partial charge in [0.15, 0.2) is 0 Å². The minimum atomic E-state index is -1.05. The molecule has 1 amide bonds. The molecular weight excluding hydrogens is 779 g/mol. The summed E-state index contributed by atoms with van der Waals surface area (Å²) in [5, 5.41) is 18.4. The monoisotopic (exact) mass is 846 g/mol. The van der Waals surface area contributed by atoms with E-state index in [-0.39, 0.29) is 23.0 Å². The lowest BCUT2D eigenvalue weighted by molar-refractivity contribution is -0.109. The fourth-order valence-electron chi connectivity index (χ4n) is 7.04. The van der Waals surface area contributed by atoms with Crippen LogP contribution in [0.1, 0.15) is 127 Å². The molecule has 2 aromatic carbocycles. The Morgan fingerprint density at radius 2 is 1.80 bits per heavy atom. The molecule has 1 fully saturated rings. The zero-order valence-electron chi connectivity index (χ0n) is 37.2. The van der Waals surface area contributed by atoms with Crippen molar-refractivity contribution in [2.45, 2.75) is 120 Å². The molecule has 8 nitrogen and oxygen atoms in total. The highest BCUT2D eigenvalue weighted by molar-refractivity contribution is 6.32. The van der Waals surface area contributed by atoms with E-state index in [2.05, 4.69) is 47.3 Å².